The van der Waals surface area contributed by atoms with Gasteiger partial charge in [0.25, 0.3) is 0 Å². The maximum Gasteiger partial charge on any atom is 0.195 e. The molecule has 0 spiro atoms. The average Bonchev–Trinajstić information content (AvgIpc) is 2.69. The fraction of sp³-hybridized carbons (Fsp3) is 0.833. The molecule has 1 aromatic heterocycles. The Bertz CT molecular complexity index is 382. The molecule has 0 atom stereocenters. The van der Waals surface area contributed by atoms with Crippen LogP contribution in [0.1, 0.15) is 45.9 Å². The molecule has 0 saturated heterocycles. The van der Waals surface area contributed by atoms with Crippen LogP contribution in [0.4, 0.5) is 0 Å². The Balaban J connectivity index is 3.00. The molecule has 0 aromatic carbocycles. The van der Waals surface area contributed by atoms with Gasteiger partial charge in [0, 0.05) is 17.7 Å². The highest BCUT2D eigenvalue weighted by molar-refractivity contribution is 8.00. The molecular weight excluding hydrogens is 250 g/mol. The lowest BCUT2D eigenvalue weighted by Crippen LogP contribution is -2.30. The van der Waals surface area contributed by atoms with Gasteiger partial charge in [-0.25, -0.2) is 0 Å². The highest BCUT2D eigenvalue weighted by atomic mass is 32.2. The Hall–Kier alpha value is -0.290. The van der Waals surface area contributed by atoms with E-state index in [2.05, 4.69) is 41.8 Å². The number of nitrogens with one attached hydrogen (secondary N) is 1. The normalized spacial score (nSPS) is 12.0. The maximum atomic E-state index is 5.33. The predicted molar refractivity (Wildman–Crippen MR) is 78.2 cm³/mol. The lowest BCUT2D eigenvalue weighted by atomic mass is 10.0. The third-order valence-corrected chi connectivity index (χ3v) is 5.36. The van der Waals surface area contributed by atoms with Gasteiger partial charge in [-0.05, 0) is 37.7 Å². The molecule has 17 heavy (non-hydrogen) atoms. The molecule has 0 aliphatic rings. The number of aryl methyl sites for hydroxylation is 1. The summed E-state index contributed by atoms with van der Waals surface area (Å²) in [6.45, 7) is 7.64. The quantitative estimate of drug-likeness (QED) is 0.767. The summed E-state index contributed by atoms with van der Waals surface area (Å²) < 4.78 is 3.22. The molecule has 98 valence electrons. The predicted octanol–water partition coefficient (Wildman–Crippen LogP) is 3.81. The monoisotopic (exact) mass is 273 g/mol. The van der Waals surface area contributed by atoms with Crippen molar-refractivity contribution in [1.82, 2.24) is 14.8 Å². The number of H-pyrrole nitrogens is 1. The van der Waals surface area contributed by atoms with Crippen LogP contribution in [0.3, 0.4) is 0 Å². The van der Waals surface area contributed by atoms with E-state index in [1.165, 1.54) is 0 Å². The number of aromatic amines is 1. The van der Waals surface area contributed by atoms with E-state index in [1.807, 2.05) is 11.8 Å². The summed E-state index contributed by atoms with van der Waals surface area (Å²) in [6, 6.07) is 0. The molecule has 0 saturated carbocycles. The second-order valence-corrected chi connectivity index (χ2v) is 6.04. The van der Waals surface area contributed by atoms with Gasteiger partial charge in [0.05, 0.1) is 0 Å². The summed E-state index contributed by atoms with van der Waals surface area (Å²) in [5.74, 6) is 1.10. The number of hydrogen-bond donors (Lipinski definition) is 1. The van der Waals surface area contributed by atoms with Gasteiger partial charge < -0.3 is 4.57 Å². The molecule has 1 aromatic rings. The molecule has 0 amide bonds. The van der Waals surface area contributed by atoms with Crippen LogP contribution < -0.4 is 0 Å². The molecule has 5 heteroatoms. The van der Waals surface area contributed by atoms with Gasteiger partial charge in [-0.1, -0.05) is 20.8 Å². The van der Waals surface area contributed by atoms with Crippen LogP contribution in [-0.4, -0.2) is 25.8 Å². The summed E-state index contributed by atoms with van der Waals surface area (Å²) in [5.41, 5.74) is 0. The molecule has 0 fully saturated rings. The molecule has 0 radical (unpaired) electrons. The van der Waals surface area contributed by atoms with Crippen molar-refractivity contribution in [2.24, 2.45) is 0 Å². The number of thioether (sulfide) groups is 1. The lowest BCUT2D eigenvalue weighted by Gasteiger charge is -2.30. The fourth-order valence-corrected chi connectivity index (χ4v) is 3.09. The smallest absolute Gasteiger partial charge is 0.195 e. The highest BCUT2D eigenvalue weighted by Gasteiger charge is 2.26. The Labute approximate surface area is 113 Å². The Morgan fingerprint density at radius 3 is 2.47 bits per heavy atom. The number of hydrogen-bond acceptors (Lipinski definition) is 3. The minimum absolute atomic E-state index is 0.282. The van der Waals surface area contributed by atoms with E-state index >= 15 is 0 Å². The van der Waals surface area contributed by atoms with Crippen LogP contribution in [0.25, 0.3) is 0 Å². The van der Waals surface area contributed by atoms with Crippen LogP contribution in [0.15, 0.2) is 0 Å². The van der Waals surface area contributed by atoms with Crippen LogP contribution in [0, 0.1) is 4.77 Å². The van der Waals surface area contributed by atoms with Crippen molar-refractivity contribution in [2.75, 3.05) is 6.26 Å². The van der Waals surface area contributed by atoms with Gasteiger partial charge in [0.2, 0.25) is 0 Å². The lowest BCUT2D eigenvalue weighted by molar-refractivity contribution is 0.452. The van der Waals surface area contributed by atoms with Gasteiger partial charge in [-0.2, -0.15) is 16.9 Å². The molecule has 3 nitrogen and oxygen atoms in total. The van der Waals surface area contributed by atoms with Gasteiger partial charge >= 0.3 is 0 Å². The summed E-state index contributed by atoms with van der Waals surface area (Å²) >= 11 is 7.28. The zero-order valence-electron chi connectivity index (χ0n) is 11.2. The third kappa shape index (κ3) is 3.35. The number of aromatic nitrogens is 3. The van der Waals surface area contributed by atoms with Crippen molar-refractivity contribution in [3.63, 3.8) is 0 Å². The molecule has 1 rings (SSSR count). The third-order valence-electron chi connectivity index (χ3n) is 3.48. The number of nitrogens with zero attached hydrogens (tertiary/aromatic N) is 2. The summed E-state index contributed by atoms with van der Waals surface area (Å²) in [7, 11) is 0. The molecule has 0 aliphatic heterocycles. The van der Waals surface area contributed by atoms with E-state index in [0.717, 1.165) is 42.8 Å². The Kier molecular flexibility index (Phi) is 5.73. The highest BCUT2D eigenvalue weighted by Crippen LogP contribution is 2.32. The van der Waals surface area contributed by atoms with Crippen LogP contribution >= 0.6 is 24.0 Å². The molecule has 1 heterocycles. The van der Waals surface area contributed by atoms with Gasteiger partial charge in [-0.3, -0.25) is 5.10 Å². The SMILES string of the molecule is CCCc1n[nH]c(=S)n1CC(CC)(CC)SC. The second-order valence-electron chi connectivity index (χ2n) is 4.38. The first kappa shape index (κ1) is 14.8. The maximum absolute atomic E-state index is 5.33. The van der Waals surface area contributed by atoms with Crippen molar-refractivity contribution < 1.29 is 0 Å². The zero-order chi connectivity index (χ0) is 12.9. The van der Waals surface area contributed by atoms with E-state index in [4.69, 9.17) is 12.2 Å². The van der Waals surface area contributed by atoms with E-state index in [9.17, 15) is 0 Å². The largest absolute Gasteiger partial charge is 0.303 e. The van der Waals surface area contributed by atoms with Crippen molar-refractivity contribution in [1.29, 1.82) is 0 Å². The van der Waals surface area contributed by atoms with E-state index in [-0.39, 0.29) is 4.75 Å². The first-order chi connectivity index (χ1) is 8.12. The number of rotatable bonds is 7. The Morgan fingerprint density at radius 1 is 1.35 bits per heavy atom. The molecular formula is C12H23N3S2. The topological polar surface area (TPSA) is 33.6 Å². The second kappa shape index (κ2) is 6.59. The van der Waals surface area contributed by atoms with Gasteiger partial charge in [0.1, 0.15) is 5.82 Å². The summed E-state index contributed by atoms with van der Waals surface area (Å²) in [4.78, 5) is 0. The van der Waals surface area contributed by atoms with E-state index in [1.54, 1.807) is 0 Å². The van der Waals surface area contributed by atoms with E-state index < -0.39 is 0 Å². The minimum atomic E-state index is 0.282. The van der Waals surface area contributed by atoms with E-state index in [0.29, 0.717) is 0 Å². The summed E-state index contributed by atoms with van der Waals surface area (Å²) in [5, 5.41) is 7.25. The molecule has 0 unspecified atom stereocenters. The van der Waals surface area contributed by atoms with Crippen LogP contribution in [0.2, 0.25) is 0 Å². The standard InChI is InChI=1S/C12H23N3S2/c1-5-8-10-13-14-11(16)15(10)9-12(6-2,7-3)17-4/h5-9H2,1-4H3,(H,14,16). The van der Waals surface area contributed by atoms with Gasteiger partial charge in [-0.15, -0.1) is 0 Å². The van der Waals surface area contributed by atoms with Crippen LogP contribution in [0.5, 0.6) is 0 Å². The average molecular weight is 273 g/mol. The van der Waals surface area contributed by atoms with Crippen molar-refractivity contribution in [3.8, 4) is 0 Å². The molecule has 0 aliphatic carbocycles. The van der Waals surface area contributed by atoms with Crippen molar-refractivity contribution >= 4 is 24.0 Å². The summed E-state index contributed by atoms with van der Waals surface area (Å²) in [6.07, 6.45) is 6.59. The van der Waals surface area contributed by atoms with Crippen LogP contribution in [-0.2, 0) is 13.0 Å². The van der Waals surface area contributed by atoms with Gasteiger partial charge in [0.15, 0.2) is 4.77 Å². The van der Waals surface area contributed by atoms with Crippen molar-refractivity contribution in [3.05, 3.63) is 10.6 Å². The first-order valence-corrected chi connectivity index (χ1v) is 7.95. The molecule has 0 bridgehead atoms. The fourth-order valence-electron chi connectivity index (χ4n) is 2.04. The minimum Gasteiger partial charge on any atom is -0.303 e. The first-order valence-electron chi connectivity index (χ1n) is 6.31. The Morgan fingerprint density at radius 2 is 2.00 bits per heavy atom. The molecule has 1 N–H and O–H groups in total. The van der Waals surface area contributed by atoms with Crippen molar-refractivity contribution in [2.45, 2.75) is 57.7 Å². The zero-order valence-corrected chi connectivity index (χ0v) is 12.9.